The van der Waals surface area contributed by atoms with E-state index in [0.717, 1.165) is 28.0 Å². The molecule has 2 aliphatic rings. The molecule has 2 aliphatic heterocycles. The highest BCUT2D eigenvalue weighted by molar-refractivity contribution is 6.08. The van der Waals surface area contributed by atoms with Crippen LogP contribution in [0.25, 0.3) is 10.9 Å². The van der Waals surface area contributed by atoms with Gasteiger partial charge in [-0.15, -0.1) is 0 Å². The van der Waals surface area contributed by atoms with Crippen molar-refractivity contribution in [1.29, 1.82) is 0 Å². The lowest BCUT2D eigenvalue weighted by atomic mass is 9.88. The third-order valence-electron chi connectivity index (χ3n) is 5.56. The summed E-state index contributed by atoms with van der Waals surface area (Å²) in [5, 5.41) is 6.14. The van der Waals surface area contributed by atoms with Gasteiger partial charge >= 0.3 is 6.03 Å². The number of hydrogen-bond acceptors (Lipinski definition) is 6. The molecule has 3 amide bonds. The summed E-state index contributed by atoms with van der Waals surface area (Å²) >= 11 is 0. The summed E-state index contributed by atoms with van der Waals surface area (Å²) in [4.78, 5) is 31.4. The van der Waals surface area contributed by atoms with Gasteiger partial charge in [0.1, 0.15) is 18.2 Å². The molecule has 1 unspecified atom stereocenters. The van der Waals surface area contributed by atoms with Crippen molar-refractivity contribution >= 4 is 22.8 Å². The topological polar surface area (TPSA) is 92.8 Å². The van der Waals surface area contributed by atoms with Crippen molar-refractivity contribution in [2.24, 2.45) is 0 Å². The standard InChI is InChI=1S/C22H20N4O4/c1-29-17-5-7-19-15(10-17)11-26(13-30-19)12-22(20(27)24-21(28)25-22)16-4-6-18-14(9-16)3-2-8-23-18/h2-10H,11-13H2,1H3,(H2,24,25,27,28). The maximum Gasteiger partial charge on any atom is 0.322 e. The molecule has 3 aromatic rings. The quantitative estimate of drug-likeness (QED) is 0.647. The SMILES string of the molecule is COc1ccc2c(c1)CN(CC1(c3ccc4ncccc4c3)NC(=O)NC1=O)CO2. The zero-order chi connectivity index (χ0) is 20.7. The van der Waals surface area contributed by atoms with Gasteiger partial charge in [0, 0.05) is 30.2 Å². The lowest BCUT2D eigenvalue weighted by molar-refractivity contribution is -0.125. The molecule has 8 heteroatoms. The fraction of sp³-hybridized carbons (Fsp3) is 0.227. The first-order valence-corrected chi connectivity index (χ1v) is 9.58. The largest absolute Gasteiger partial charge is 0.497 e. The minimum atomic E-state index is -1.22. The van der Waals surface area contributed by atoms with Crippen LogP contribution in [0.1, 0.15) is 11.1 Å². The molecule has 3 heterocycles. The predicted octanol–water partition coefficient (Wildman–Crippen LogP) is 2.13. The number of ether oxygens (including phenoxy) is 2. The molecular formula is C22H20N4O4. The van der Waals surface area contributed by atoms with Crippen LogP contribution in [0.4, 0.5) is 4.79 Å². The van der Waals surface area contributed by atoms with Crippen molar-refractivity contribution in [3.63, 3.8) is 0 Å². The number of carbonyl (C=O) groups is 2. The van der Waals surface area contributed by atoms with E-state index in [2.05, 4.69) is 15.6 Å². The zero-order valence-electron chi connectivity index (χ0n) is 16.3. The Morgan fingerprint density at radius 1 is 1.20 bits per heavy atom. The zero-order valence-corrected chi connectivity index (χ0v) is 16.3. The maximum atomic E-state index is 13.0. The van der Waals surface area contributed by atoms with Crippen LogP contribution in [-0.4, -0.2) is 42.2 Å². The number of methoxy groups -OCH3 is 1. The Labute approximate surface area is 172 Å². The number of rotatable bonds is 4. The maximum absolute atomic E-state index is 13.0. The van der Waals surface area contributed by atoms with E-state index in [1.807, 2.05) is 53.4 Å². The molecule has 0 radical (unpaired) electrons. The normalized spacial score (nSPS) is 21.0. The van der Waals surface area contributed by atoms with Gasteiger partial charge in [0.2, 0.25) is 0 Å². The Morgan fingerprint density at radius 2 is 2.10 bits per heavy atom. The molecule has 2 N–H and O–H groups in total. The molecule has 0 aliphatic carbocycles. The molecule has 2 aromatic carbocycles. The molecule has 0 saturated carbocycles. The van der Waals surface area contributed by atoms with Gasteiger partial charge in [0.25, 0.3) is 5.91 Å². The fourth-order valence-corrected chi connectivity index (χ4v) is 4.07. The number of nitrogens with zero attached hydrogens (tertiary/aromatic N) is 2. The number of fused-ring (bicyclic) bond motifs is 2. The Morgan fingerprint density at radius 3 is 2.90 bits per heavy atom. The summed E-state index contributed by atoms with van der Waals surface area (Å²) in [7, 11) is 1.62. The second-order valence-corrected chi connectivity index (χ2v) is 7.46. The number of pyridine rings is 1. The van der Waals surface area contributed by atoms with Gasteiger partial charge in [-0.05, 0) is 42.0 Å². The molecule has 8 nitrogen and oxygen atoms in total. The molecule has 0 bridgehead atoms. The molecule has 1 atom stereocenters. The lowest BCUT2D eigenvalue weighted by Gasteiger charge is -2.36. The summed E-state index contributed by atoms with van der Waals surface area (Å²) < 4.78 is 11.2. The Kier molecular flexibility index (Phi) is 4.29. The number of aromatic nitrogens is 1. The summed E-state index contributed by atoms with van der Waals surface area (Å²) in [5.41, 5.74) is 1.26. The molecule has 30 heavy (non-hydrogen) atoms. The highest BCUT2D eigenvalue weighted by atomic mass is 16.5. The highest BCUT2D eigenvalue weighted by Gasteiger charge is 2.49. The third-order valence-corrected chi connectivity index (χ3v) is 5.56. The number of amides is 3. The van der Waals surface area contributed by atoms with E-state index < -0.39 is 11.6 Å². The first-order valence-electron chi connectivity index (χ1n) is 9.58. The number of benzene rings is 2. The van der Waals surface area contributed by atoms with Crippen LogP contribution < -0.4 is 20.1 Å². The molecule has 1 fully saturated rings. The Hall–Kier alpha value is -3.65. The number of nitrogens with one attached hydrogen (secondary N) is 2. The molecule has 1 saturated heterocycles. The van der Waals surface area contributed by atoms with Gasteiger partial charge in [-0.1, -0.05) is 12.1 Å². The van der Waals surface area contributed by atoms with E-state index in [1.165, 1.54) is 0 Å². The Bertz CT molecular complexity index is 1160. The minimum Gasteiger partial charge on any atom is -0.497 e. The average Bonchev–Trinajstić information content (AvgIpc) is 3.06. The minimum absolute atomic E-state index is 0.257. The van der Waals surface area contributed by atoms with Gasteiger partial charge in [0.05, 0.1) is 12.6 Å². The summed E-state index contributed by atoms with van der Waals surface area (Å²) in [6, 6.07) is 14.5. The van der Waals surface area contributed by atoms with Crippen LogP contribution in [0.2, 0.25) is 0 Å². The molecular weight excluding hydrogens is 384 g/mol. The van der Waals surface area contributed by atoms with E-state index in [-0.39, 0.29) is 12.5 Å². The van der Waals surface area contributed by atoms with E-state index in [1.54, 1.807) is 13.3 Å². The molecule has 1 aromatic heterocycles. The van der Waals surface area contributed by atoms with Gasteiger partial charge < -0.3 is 14.8 Å². The van der Waals surface area contributed by atoms with Crippen LogP contribution >= 0.6 is 0 Å². The number of imide groups is 1. The number of urea groups is 1. The van der Waals surface area contributed by atoms with Crippen LogP contribution in [-0.2, 0) is 16.9 Å². The van der Waals surface area contributed by atoms with Crippen LogP contribution in [0.5, 0.6) is 11.5 Å². The second-order valence-electron chi connectivity index (χ2n) is 7.46. The van der Waals surface area contributed by atoms with E-state index in [4.69, 9.17) is 9.47 Å². The third kappa shape index (κ3) is 3.02. The number of hydrogen-bond donors (Lipinski definition) is 2. The van der Waals surface area contributed by atoms with Crippen molar-refractivity contribution in [2.75, 3.05) is 20.4 Å². The first kappa shape index (κ1) is 18.4. The van der Waals surface area contributed by atoms with Crippen molar-refractivity contribution in [1.82, 2.24) is 20.5 Å². The number of carbonyl (C=O) groups excluding carboxylic acids is 2. The van der Waals surface area contributed by atoms with Gasteiger partial charge in [-0.25, -0.2) is 4.79 Å². The lowest BCUT2D eigenvalue weighted by Crippen LogP contribution is -2.53. The Balaban J connectivity index is 1.50. The predicted molar refractivity (Wildman–Crippen MR) is 109 cm³/mol. The van der Waals surface area contributed by atoms with Crippen LogP contribution in [0.3, 0.4) is 0 Å². The van der Waals surface area contributed by atoms with Crippen LogP contribution in [0.15, 0.2) is 54.7 Å². The van der Waals surface area contributed by atoms with Gasteiger partial charge in [-0.3, -0.25) is 20.0 Å². The molecule has 0 spiro atoms. The summed E-state index contributed by atoms with van der Waals surface area (Å²) in [6.07, 6.45) is 1.72. The molecule has 5 rings (SSSR count). The van der Waals surface area contributed by atoms with Crippen molar-refractivity contribution < 1.29 is 19.1 Å². The second kappa shape index (κ2) is 7.00. The first-order chi connectivity index (χ1) is 14.6. The van der Waals surface area contributed by atoms with Crippen molar-refractivity contribution in [2.45, 2.75) is 12.1 Å². The van der Waals surface area contributed by atoms with Crippen LogP contribution in [0, 0.1) is 0 Å². The fourth-order valence-electron chi connectivity index (χ4n) is 4.07. The van der Waals surface area contributed by atoms with E-state index in [9.17, 15) is 9.59 Å². The monoisotopic (exact) mass is 404 g/mol. The average molecular weight is 404 g/mol. The summed E-state index contributed by atoms with van der Waals surface area (Å²) in [6.45, 7) is 1.12. The van der Waals surface area contributed by atoms with Crippen molar-refractivity contribution in [3.8, 4) is 11.5 Å². The van der Waals surface area contributed by atoms with E-state index in [0.29, 0.717) is 18.8 Å². The van der Waals surface area contributed by atoms with Gasteiger partial charge in [-0.2, -0.15) is 0 Å². The van der Waals surface area contributed by atoms with Gasteiger partial charge in [0.15, 0.2) is 5.54 Å². The van der Waals surface area contributed by atoms with Crippen molar-refractivity contribution in [3.05, 3.63) is 65.9 Å². The molecule has 152 valence electrons. The highest BCUT2D eigenvalue weighted by Crippen LogP contribution is 2.33. The smallest absolute Gasteiger partial charge is 0.322 e. The summed E-state index contributed by atoms with van der Waals surface area (Å²) in [5.74, 6) is 1.15. The van der Waals surface area contributed by atoms with E-state index >= 15 is 0 Å².